The lowest BCUT2D eigenvalue weighted by Crippen LogP contribution is -2.41. The first-order valence-electron chi connectivity index (χ1n) is 8.71. The smallest absolute Gasteiger partial charge is 0.220 e. The Morgan fingerprint density at radius 2 is 2.25 bits per heavy atom. The number of nitrogens with zero attached hydrogens (tertiary/aromatic N) is 4. The summed E-state index contributed by atoms with van der Waals surface area (Å²) in [4.78, 5) is 18.7. The van der Waals surface area contributed by atoms with Gasteiger partial charge in [0.25, 0.3) is 0 Å². The van der Waals surface area contributed by atoms with Gasteiger partial charge in [0.15, 0.2) is 0 Å². The third kappa shape index (κ3) is 4.81. The van der Waals surface area contributed by atoms with Gasteiger partial charge in [0.1, 0.15) is 5.82 Å². The molecule has 1 aliphatic heterocycles. The van der Waals surface area contributed by atoms with Crippen LogP contribution in [0.1, 0.15) is 25.7 Å². The predicted octanol–water partition coefficient (Wildman–Crippen LogP) is 2.09. The lowest BCUT2D eigenvalue weighted by Gasteiger charge is -2.33. The zero-order chi connectivity index (χ0) is 16.6. The number of anilines is 1. The molecular weight excluding hydrogens is 302 g/mol. The average Bonchev–Trinajstić information content (AvgIpc) is 3.14. The number of carbonyl (C=O) groups excluding carboxylic acids is 1. The molecule has 0 bridgehead atoms. The minimum Gasteiger partial charge on any atom is -0.356 e. The van der Waals surface area contributed by atoms with Crippen LogP contribution in [0.25, 0.3) is 0 Å². The van der Waals surface area contributed by atoms with E-state index in [1.807, 2.05) is 35.3 Å². The Morgan fingerprint density at radius 1 is 1.29 bits per heavy atom. The summed E-state index contributed by atoms with van der Waals surface area (Å²) in [6.07, 6.45) is 9.20. The van der Waals surface area contributed by atoms with Gasteiger partial charge in [-0.1, -0.05) is 6.07 Å². The second-order valence-corrected chi connectivity index (χ2v) is 6.32. The van der Waals surface area contributed by atoms with Crippen LogP contribution in [0, 0.1) is 5.92 Å². The predicted molar refractivity (Wildman–Crippen MR) is 93.6 cm³/mol. The molecule has 128 valence electrons. The molecule has 2 aromatic heterocycles. The third-order valence-corrected chi connectivity index (χ3v) is 4.43. The maximum atomic E-state index is 12.0. The molecule has 2 aromatic rings. The number of rotatable bonds is 7. The monoisotopic (exact) mass is 327 g/mol. The van der Waals surface area contributed by atoms with Gasteiger partial charge in [-0.15, -0.1) is 0 Å². The Labute approximate surface area is 142 Å². The normalized spacial score (nSPS) is 17.7. The van der Waals surface area contributed by atoms with Gasteiger partial charge in [0.05, 0.1) is 0 Å². The number of piperidine rings is 1. The van der Waals surface area contributed by atoms with E-state index >= 15 is 0 Å². The number of hydrogen-bond donors (Lipinski definition) is 1. The zero-order valence-corrected chi connectivity index (χ0v) is 14.0. The molecule has 1 N–H and O–H groups in total. The molecule has 6 nitrogen and oxygen atoms in total. The van der Waals surface area contributed by atoms with Crippen LogP contribution in [0.2, 0.25) is 0 Å². The summed E-state index contributed by atoms with van der Waals surface area (Å²) in [5, 5.41) is 7.23. The highest BCUT2D eigenvalue weighted by Gasteiger charge is 2.21. The molecule has 0 radical (unpaired) electrons. The van der Waals surface area contributed by atoms with Crippen molar-refractivity contribution in [2.75, 3.05) is 24.5 Å². The van der Waals surface area contributed by atoms with Crippen molar-refractivity contribution in [2.24, 2.45) is 5.92 Å². The molecule has 3 rings (SSSR count). The summed E-state index contributed by atoms with van der Waals surface area (Å²) in [6, 6.07) is 7.91. The molecule has 1 fully saturated rings. The van der Waals surface area contributed by atoms with Crippen molar-refractivity contribution in [3.63, 3.8) is 0 Å². The van der Waals surface area contributed by atoms with Gasteiger partial charge in [0, 0.05) is 51.2 Å². The van der Waals surface area contributed by atoms with E-state index in [1.165, 1.54) is 0 Å². The molecule has 1 saturated heterocycles. The van der Waals surface area contributed by atoms with E-state index in [1.54, 1.807) is 6.20 Å². The lowest BCUT2D eigenvalue weighted by atomic mass is 9.98. The van der Waals surface area contributed by atoms with Crippen LogP contribution in [0.5, 0.6) is 0 Å². The fourth-order valence-corrected chi connectivity index (χ4v) is 3.16. The lowest BCUT2D eigenvalue weighted by molar-refractivity contribution is -0.121. The van der Waals surface area contributed by atoms with Gasteiger partial charge in [-0.05, 0) is 43.4 Å². The molecular formula is C18H25N5O. The molecule has 0 unspecified atom stereocenters. The zero-order valence-electron chi connectivity index (χ0n) is 14.0. The van der Waals surface area contributed by atoms with Crippen LogP contribution in [-0.4, -0.2) is 40.3 Å². The molecule has 0 spiro atoms. The molecule has 24 heavy (non-hydrogen) atoms. The summed E-state index contributed by atoms with van der Waals surface area (Å²) in [5.41, 5.74) is 0. The second-order valence-electron chi connectivity index (χ2n) is 6.32. The number of aryl methyl sites for hydroxylation is 1. The molecule has 1 aliphatic rings. The molecule has 1 amide bonds. The average molecular weight is 327 g/mol. The number of amides is 1. The van der Waals surface area contributed by atoms with Crippen LogP contribution in [0.3, 0.4) is 0 Å². The molecule has 3 heterocycles. The summed E-state index contributed by atoms with van der Waals surface area (Å²) >= 11 is 0. The largest absolute Gasteiger partial charge is 0.356 e. The van der Waals surface area contributed by atoms with E-state index < -0.39 is 0 Å². The van der Waals surface area contributed by atoms with Crippen molar-refractivity contribution in [2.45, 2.75) is 32.2 Å². The number of hydrogen-bond acceptors (Lipinski definition) is 4. The Balaban J connectivity index is 1.37. The van der Waals surface area contributed by atoms with Gasteiger partial charge in [0.2, 0.25) is 5.91 Å². The number of nitrogens with one attached hydrogen (secondary N) is 1. The Bertz CT molecular complexity index is 614. The minimum absolute atomic E-state index is 0.136. The van der Waals surface area contributed by atoms with Crippen molar-refractivity contribution in [3.05, 3.63) is 42.9 Å². The van der Waals surface area contributed by atoms with Crippen LogP contribution >= 0.6 is 0 Å². The molecule has 6 heteroatoms. The SMILES string of the molecule is O=C(CCCn1cccn1)NC[C@H]1CCCN(c2ccccn2)C1. The van der Waals surface area contributed by atoms with Crippen LogP contribution in [0.4, 0.5) is 5.82 Å². The molecule has 0 saturated carbocycles. The first-order valence-corrected chi connectivity index (χ1v) is 8.71. The van der Waals surface area contributed by atoms with Crippen molar-refractivity contribution in [3.8, 4) is 0 Å². The first-order chi connectivity index (χ1) is 11.8. The van der Waals surface area contributed by atoms with E-state index in [0.29, 0.717) is 12.3 Å². The molecule has 0 aromatic carbocycles. The highest BCUT2D eigenvalue weighted by molar-refractivity contribution is 5.75. The maximum Gasteiger partial charge on any atom is 0.220 e. The maximum absolute atomic E-state index is 12.0. The summed E-state index contributed by atoms with van der Waals surface area (Å²) in [7, 11) is 0. The minimum atomic E-state index is 0.136. The highest BCUT2D eigenvalue weighted by Crippen LogP contribution is 2.20. The van der Waals surface area contributed by atoms with Crippen LogP contribution in [-0.2, 0) is 11.3 Å². The standard InChI is InChI=1S/C18H25N5O/c24-18(8-4-12-23-13-5-10-21-23)20-14-16-6-3-11-22(15-16)17-7-1-2-9-19-17/h1-2,5,7,9-10,13,16H,3-4,6,8,11-12,14-15H2,(H,20,24)/t16-/m1/s1. The quantitative estimate of drug-likeness (QED) is 0.846. The Morgan fingerprint density at radius 3 is 3.04 bits per heavy atom. The Kier molecular flexibility index (Phi) is 5.82. The summed E-state index contributed by atoms with van der Waals surface area (Å²) in [6.45, 7) is 3.55. The third-order valence-electron chi connectivity index (χ3n) is 4.43. The topological polar surface area (TPSA) is 63.1 Å². The van der Waals surface area contributed by atoms with E-state index in [4.69, 9.17) is 0 Å². The van der Waals surface area contributed by atoms with Crippen molar-refractivity contribution in [1.82, 2.24) is 20.1 Å². The van der Waals surface area contributed by atoms with Gasteiger partial charge in [-0.2, -0.15) is 5.10 Å². The van der Waals surface area contributed by atoms with Gasteiger partial charge in [-0.3, -0.25) is 9.48 Å². The van der Waals surface area contributed by atoms with Crippen LogP contribution in [0.15, 0.2) is 42.9 Å². The van der Waals surface area contributed by atoms with E-state index in [2.05, 4.69) is 26.4 Å². The van der Waals surface area contributed by atoms with Crippen LogP contribution < -0.4 is 10.2 Å². The fraction of sp³-hybridized carbons (Fsp3) is 0.500. The number of pyridine rings is 1. The number of carbonyl (C=O) groups is 1. The molecule has 1 atom stereocenters. The van der Waals surface area contributed by atoms with Crippen molar-refractivity contribution < 1.29 is 4.79 Å². The summed E-state index contributed by atoms with van der Waals surface area (Å²) < 4.78 is 1.86. The van der Waals surface area contributed by atoms with E-state index in [9.17, 15) is 4.79 Å². The fourth-order valence-electron chi connectivity index (χ4n) is 3.16. The van der Waals surface area contributed by atoms with Gasteiger partial charge in [-0.25, -0.2) is 4.98 Å². The first kappa shape index (κ1) is 16.5. The van der Waals surface area contributed by atoms with Gasteiger partial charge >= 0.3 is 0 Å². The summed E-state index contributed by atoms with van der Waals surface area (Å²) in [5.74, 6) is 1.67. The Hall–Kier alpha value is -2.37. The van der Waals surface area contributed by atoms with E-state index in [0.717, 1.165) is 51.3 Å². The molecule has 0 aliphatic carbocycles. The van der Waals surface area contributed by atoms with Gasteiger partial charge < -0.3 is 10.2 Å². The van der Waals surface area contributed by atoms with Crippen molar-refractivity contribution >= 4 is 11.7 Å². The van der Waals surface area contributed by atoms with Crippen molar-refractivity contribution in [1.29, 1.82) is 0 Å². The number of aromatic nitrogens is 3. The highest BCUT2D eigenvalue weighted by atomic mass is 16.1. The second kappa shape index (κ2) is 8.47. The van der Waals surface area contributed by atoms with E-state index in [-0.39, 0.29) is 5.91 Å².